The molecule has 1 aromatic heterocycles. The summed E-state index contributed by atoms with van der Waals surface area (Å²) in [6.07, 6.45) is 0. The molecule has 21 heavy (non-hydrogen) atoms. The molecule has 0 bridgehead atoms. The van der Waals surface area contributed by atoms with Crippen LogP contribution in [0.5, 0.6) is 0 Å². The monoisotopic (exact) mass is 308 g/mol. The lowest BCUT2D eigenvalue weighted by Crippen LogP contribution is -2.53. The van der Waals surface area contributed by atoms with E-state index in [2.05, 4.69) is 15.3 Å². The van der Waals surface area contributed by atoms with E-state index >= 15 is 0 Å². The van der Waals surface area contributed by atoms with Crippen molar-refractivity contribution in [2.75, 3.05) is 19.6 Å². The largest absolute Gasteiger partial charge is 0.480 e. The van der Waals surface area contributed by atoms with E-state index in [4.69, 9.17) is 16.7 Å². The van der Waals surface area contributed by atoms with Crippen LogP contribution in [-0.4, -0.2) is 51.4 Å². The molecule has 1 saturated heterocycles. The summed E-state index contributed by atoms with van der Waals surface area (Å²) in [5, 5.41) is 18.3. The third kappa shape index (κ3) is 2.74. The number of halogens is 1. The van der Waals surface area contributed by atoms with Gasteiger partial charge in [-0.3, -0.25) is 14.4 Å². The predicted molar refractivity (Wildman–Crippen MR) is 80.4 cm³/mol. The zero-order valence-electron chi connectivity index (χ0n) is 11.7. The molecule has 1 aliphatic rings. The SMILES string of the molecule is Cn1nc(CN2CCNC(C(=O)O)C2)c2c(Cl)cccc21. The van der Waals surface area contributed by atoms with Gasteiger partial charge >= 0.3 is 5.97 Å². The average Bonchev–Trinajstić information content (AvgIpc) is 2.77. The van der Waals surface area contributed by atoms with Gasteiger partial charge in [-0.2, -0.15) is 5.10 Å². The molecule has 2 N–H and O–H groups in total. The number of aliphatic carboxylic acids is 1. The number of aryl methyl sites for hydroxylation is 1. The summed E-state index contributed by atoms with van der Waals surface area (Å²) in [5.41, 5.74) is 1.88. The summed E-state index contributed by atoms with van der Waals surface area (Å²) in [6.45, 7) is 2.53. The molecule has 112 valence electrons. The Kier molecular flexibility index (Phi) is 3.84. The molecule has 0 saturated carbocycles. The van der Waals surface area contributed by atoms with Crippen molar-refractivity contribution in [1.29, 1.82) is 0 Å². The normalized spacial score (nSPS) is 20.0. The Bertz CT molecular complexity index is 685. The Balaban J connectivity index is 1.87. The van der Waals surface area contributed by atoms with E-state index in [9.17, 15) is 4.79 Å². The van der Waals surface area contributed by atoms with Gasteiger partial charge in [-0.05, 0) is 12.1 Å². The number of carboxylic acids is 1. The molecule has 7 heteroatoms. The second-order valence-electron chi connectivity index (χ2n) is 5.28. The summed E-state index contributed by atoms with van der Waals surface area (Å²) in [5.74, 6) is -0.816. The van der Waals surface area contributed by atoms with Crippen molar-refractivity contribution in [3.8, 4) is 0 Å². The Hall–Kier alpha value is -1.63. The third-order valence-electron chi connectivity index (χ3n) is 3.83. The fourth-order valence-electron chi connectivity index (χ4n) is 2.80. The molecule has 1 aliphatic heterocycles. The molecule has 2 aromatic rings. The Morgan fingerprint density at radius 2 is 2.38 bits per heavy atom. The van der Waals surface area contributed by atoms with Crippen LogP contribution in [0.3, 0.4) is 0 Å². The number of hydrogen-bond donors (Lipinski definition) is 2. The Morgan fingerprint density at radius 1 is 1.57 bits per heavy atom. The van der Waals surface area contributed by atoms with Gasteiger partial charge < -0.3 is 10.4 Å². The van der Waals surface area contributed by atoms with Gasteiger partial charge in [0.25, 0.3) is 0 Å². The molecule has 2 heterocycles. The van der Waals surface area contributed by atoms with Gasteiger partial charge in [-0.1, -0.05) is 17.7 Å². The first-order valence-corrected chi connectivity index (χ1v) is 7.22. The maximum absolute atomic E-state index is 11.1. The molecule has 1 aromatic carbocycles. The zero-order valence-corrected chi connectivity index (χ0v) is 12.5. The van der Waals surface area contributed by atoms with Crippen LogP contribution in [-0.2, 0) is 18.4 Å². The van der Waals surface area contributed by atoms with Gasteiger partial charge in [-0.15, -0.1) is 0 Å². The quantitative estimate of drug-likeness (QED) is 0.888. The Labute approximate surface area is 127 Å². The predicted octanol–water partition coefficient (Wildman–Crippen LogP) is 1.09. The summed E-state index contributed by atoms with van der Waals surface area (Å²) in [4.78, 5) is 13.2. The topological polar surface area (TPSA) is 70.4 Å². The van der Waals surface area contributed by atoms with Crippen molar-refractivity contribution in [2.45, 2.75) is 12.6 Å². The highest BCUT2D eigenvalue weighted by Gasteiger charge is 2.26. The highest BCUT2D eigenvalue weighted by molar-refractivity contribution is 6.35. The standard InChI is InChI=1S/C14H17ClN4O2/c1-18-12-4-2-3-9(15)13(12)10(17-18)7-19-6-5-16-11(8-19)14(20)21/h2-4,11,16H,5-8H2,1H3,(H,20,21). The molecule has 0 spiro atoms. The highest BCUT2D eigenvalue weighted by atomic mass is 35.5. The van der Waals surface area contributed by atoms with Crippen LogP contribution in [0.15, 0.2) is 18.2 Å². The number of carbonyl (C=O) groups is 1. The number of benzene rings is 1. The molecule has 0 radical (unpaired) electrons. The molecular formula is C14H17ClN4O2. The van der Waals surface area contributed by atoms with E-state index in [0.29, 0.717) is 24.7 Å². The van der Waals surface area contributed by atoms with Gasteiger partial charge in [0.1, 0.15) is 6.04 Å². The van der Waals surface area contributed by atoms with Gasteiger partial charge in [0.2, 0.25) is 0 Å². The molecule has 1 atom stereocenters. The smallest absolute Gasteiger partial charge is 0.322 e. The fraction of sp³-hybridized carbons (Fsp3) is 0.429. The molecule has 1 unspecified atom stereocenters. The molecule has 6 nitrogen and oxygen atoms in total. The zero-order chi connectivity index (χ0) is 15.0. The van der Waals surface area contributed by atoms with E-state index in [-0.39, 0.29) is 0 Å². The van der Waals surface area contributed by atoms with Gasteiger partial charge in [0.15, 0.2) is 0 Å². The van der Waals surface area contributed by atoms with E-state index < -0.39 is 12.0 Å². The number of fused-ring (bicyclic) bond motifs is 1. The van der Waals surface area contributed by atoms with Crippen LogP contribution < -0.4 is 5.32 Å². The molecular weight excluding hydrogens is 292 g/mol. The number of nitrogens with one attached hydrogen (secondary N) is 1. The highest BCUT2D eigenvalue weighted by Crippen LogP contribution is 2.27. The van der Waals surface area contributed by atoms with Crippen LogP contribution in [0.2, 0.25) is 5.02 Å². The minimum absolute atomic E-state index is 0.470. The van der Waals surface area contributed by atoms with Crippen molar-refractivity contribution >= 4 is 28.5 Å². The van der Waals surface area contributed by atoms with E-state index in [0.717, 1.165) is 23.1 Å². The number of hydrogen-bond acceptors (Lipinski definition) is 4. The van der Waals surface area contributed by atoms with E-state index in [1.807, 2.05) is 29.9 Å². The summed E-state index contributed by atoms with van der Waals surface area (Å²) >= 11 is 6.29. The van der Waals surface area contributed by atoms with Crippen LogP contribution in [0.25, 0.3) is 10.9 Å². The van der Waals surface area contributed by atoms with E-state index in [1.54, 1.807) is 0 Å². The van der Waals surface area contributed by atoms with Crippen LogP contribution in [0.4, 0.5) is 0 Å². The van der Waals surface area contributed by atoms with Crippen molar-refractivity contribution in [2.24, 2.45) is 7.05 Å². The first kappa shape index (κ1) is 14.3. The molecule has 3 rings (SSSR count). The first-order valence-electron chi connectivity index (χ1n) is 6.85. The van der Waals surface area contributed by atoms with Crippen LogP contribution in [0, 0.1) is 0 Å². The first-order chi connectivity index (χ1) is 10.1. The average molecular weight is 309 g/mol. The van der Waals surface area contributed by atoms with Crippen molar-refractivity contribution in [3.63, 3.8) is 0 Å². The van der Waals surface area contributed by atoms with Crippen LogP contribution >= 0.6 is 11.6 Å². The van der Waals surface area contributed by atoms with Gasteiger partial charge in [-0.25, -0.2) is 0 Å². The number of aromatic nitrogens is 2. The number of rotatable bonds is 3. The van der Waals surface area contributed by atoms with Gasteiger partial charge in [0, 0.05) is 38.6 Å². The minimum atomic E-state index is -0.816. The lowest BCUT2D eigenvalue weighted by molar-refractivity contribution is -0.140. The molecule has 0 amide bonds. The van der Waals surface area contributed by atoms with Crippen molar-refractivity contribution in [1.82, 2.24) is 20.0 Å². The second-order valence-corrected chi connectivity index (χ2v) is 5.69. The van der Waals surface area contributed by atoms with E-state index in [1.165, 1.54) is 0 Å². The number of nitrogens with zero attached hydrogens (tertiary/aromatic N) is 3. The summed E-state index contributed by atoms with van der Waals surface area (Å²) in [7, 11) is 1.89. The maximum atomic E-state index is 11.1. The maximum Gasteiger partial charge on any atom is 0.322 e. The Morgan fingerprint density at radius 3 is 3.14 bits per heavy atom. The van der Waals surface area contributed by atoms with Crippen LogP contribution in [0.1, 0.15) is 5.69 Å². The molecule has 0 aliphatic carbocycles. The third-order valence-corrected chi connectivity index (χ3v) is 4.15. The second kappa shape index (κ2) is 5.63. The lowest BCUT2D eigenvalue weighted by Gasteiger charge is -2.31. The fourth-order valence-corrected chi connectivity index (χ4v) is 3.07. The number of carboxylic acid groups (broad SMARTS) is 1. The molecule has 1 fully saturated rings. The van der Waals surface area contributed by atoms with Crippen molar-refractivity contribution in [3.05, 3.63) is 28.9 Å². The number of piperazine rings is 1. The lowest BCUT2D eigenvalue weighted by atomic mass is 10.1. The summed E-state index contributed by atoms with van der Waals surface area (Å²) in [6, 6.07) is 5.22. The van der Waals surface area contributed by atoms with Crippen molar-refractivity contribution < 1.29 is 9.90 Å². The van der Waals surface area contributed by atoms with Gasteiger partial charge in [0.05, 0.1) is 16.2 Å². The summed E-state index contributed by atoms with van der Waals surface area (Å²) < 4.78 is 1.81. The minimum Gasteiger partial charge on any atom is -0.480 e.